The molecule has 0 radical (unpaired) electrons. The molecule has 1 N–H and O–H groups in total. The highest BCUT2D eigenvalue weighted by molar-refractivity contribution is 5.37. The van der Waals surface area contributed by atoms with Gasteiger partial charge in [0.05, 0.1) is 18.1 Å². The molecule has 1 saturated heterocycles. The summed E-state index contributed by atoms with van der Waals surface area (Å²) in [5.41, 5.74) is 2.08. The Hall–Kier alpha value is -1.95. The molecule has 3 heterocycles. The van der Waals surface area contributed by atoms with Crippen molar-refractivity contribution in [1.82, 2.24) is 24.6 Å². The molecule has 2 fully saturated rings. The molecule has 2 aromatic heterocycles. The third-order valence-electron chi connectivity index (χ3n) is 5.78. The summed E-state index contributed by atoms with van der Waals surface area (Å²) in [6.45, 7) is 7.73. The molecule has 0 bridgehead atoms. The molecule has 0 atom stereocenters. The van der Waals surface area contributed by atoms with Crippen LogP contribution in [0.25, 0.3) is 5.82 Å². The quantitative estimate of drug-likeness (QED) is 0.892. The van der Waals surface area contributed by atoms with Gasteiger partial charge in [-0.25, -0.2) is 9.67 Å². The van der Waals surface area contributed by atoms with Gasteiger partial charge < -0.3 is 10.2 Å². The van der Waals surface area contributed by atoms with E-state index in [9.17, 15) is 0 Å². The van der Waals surface area contributed by atoms with Crippen LogP contribution in [0.4, 0.5) is 5.82 Å². The van der Waals surface area contributed by atoms with Gasteiger partial charge in [-0.3, -0.25) is 4.98 Å². The molecule has 0 unspecified atom stereocenters. The Morgan fingerprint density at radius 1 is 1.08 bits per heavy atom. The third-order valence-corrected chi connectivity index (χ3v) is 5.78. The Balaban J connectivity index is 1.33. The van der Waals surface area contributed by atoms with Gasteiger partial charge in [0.15, 0.2) is 5.82 Å². The Labute approximate surface area is 156 Å². The SMILES string of the molecule is Cc1cc(C)n(-c2cncc(NC3CCN(CC4CCCC4)CC3)n2)n1. The van der Waals surface area contributed by atoms with E-state index in [1.807, 2.05) is 24.7 Å². The first kappa shape index (κ1) is 17.5. The van der Waals surface area contributed by atoms with Crippen LogP contribution < -0.4 is 5.32 Å². The van der Waals surface area contributed by atoms with Crippen LogP contribution in [0.2, 0.25) is 0 Å². The van der Waals surface area contributed by atoms with Crippen molar-refractivity contribution in [2.24, 2.45) is 5.92 Å². The molecular weight excluding hydrogens is 324 g/mol. The molecule has 0 amide bonds. The van der Waals surface area contributed by atoms with Crippen molar-refractivity contribution in [2.45, 2.75) is 58.4 Å². The van der Waals surface area contributed by atoms with Crippen LogP contribution in [0.1, 0.15) is 49.9 Å². The molecule has 2 aromatic rings. The van der Waals surface area contributed by atoms with E-state index in [-0.39, 0.29) is 0 Å². The lowest BCUT2D eigenvalue weighted by Gasteiger charge is -2.34. The standard InChI is InChI=1S/C20H30N6/c1-15-11-16(2)26(24-15)20-13-21-12-19(23-20)22-18-7-9-25(10-8-18)14-17-5-3-4-6-17/h11-13,17-18H,3-10,14H2,1-2H3,(H,22,23). The molecule has 0 spiro atoms. The molecule has 2 aliphatic rings. The largest absolute Gasteiger partial charge is 0.366 e. The average molecular weight is 355 g/mol. The van der Waals surface area contributed by atoms with Crippen LogP contribution in [0.15, 0.2) is 18.5 Å². The number of aryl methyl sites for hydroxylation is 2. The lowest BCUT2D eigenvalue weighted by Crippen LogP contribution is -2.41. The fraction of sp³-hybridized carbons (Fsp3) is 0.650. The van der Waals surface area contributed by atoms with Crippen molar-refractivity contribution in [3.8, 4) is 5.82 Å². The van der Waals surface area contributed by atoms with Gasteiger partial charge in [0, 0.05) is 31.4 Å². The first-order valence-electron chi connectivity index (χ1n) is 10.0. The monoisotopic (exact) mass is 354 g/mol. The van der Waals surface area contributed by atoms with Crippen LogP contribution in [-0.2, 0) is 0 Å². The van der Waals surface area contributed by atoms with E-state index in [0.717, 1.165) is 28.9 Å². The molecule has 4 rings (SSSR count). The average Bonchev–Trinajstić information content (AvgIpc) is 3.26. The molecular formula is C20H30N6. The summed E-state index contributed by atoms with van der Waals surface area (Å²) >= 11 is 0. The number of aromatic nitrogens is 4. The zero-order chi connectivity index (χ0) is 17.9. The summed E-state index contributed by atoms with van der Waals surface area (Å²) in [7, 11) is 0. The van der Waals surface area contributed by atoms with Crippen LogP contribution in [0.3, 0.4) is 0 Å². The number of likely N-dealkylation sites (tertiary alicyclic amines) is 1. The predicted molar refractivity (Wildman–Crippen MR) is 104 cm³/mol. The summed E-state index contributed by atoms with van der Waals surface area (Å²) in [6, 6.07) is 2.54. The Morgan fingerprint density at radius 2 is 1.85 bits per heavy atom. The number of hydrogen-bond acceptors (Lipinski definition) is 5. The summed E-state index contributed by atoms with van der Waals surface area (Å²) in [4.78, 5) is 11.7. The van der Waals surface area contributed by atoms with E-state index < -0.39 is 0 Å². The number of hydrogen-bond donors (Lipinski definition) is 1. The highest BCUT2D eigenvalue weighted by atomic mass is 15.3. The second kappa shape index (κ2) is 7.74. The summed E-state index contributed by atoms with van der Waals surface area (Å²) in [5.74, 6) is 2.58. The molecule has 140 valence electrons. The van der Waals surface area contributed by atoms with Gasteiger partial charge in [0.2, 0.25) is 0 Å². The molecule has 6 nitrogen and oxygen atoms in total. The number of rotatable bonds is 5. The van der Waals surface area contributed by atoms with Gasteiger partial charge in [-0.05, 0) is 51.5 Å². The smallest absolute Gasteiger partial charge is 0.174 e. The number of piperidine rings is 1. The minimum Gasteiger partial charge on any atom is -0.366 e. The van der Waals surface area contributed by atoms with E-state index in [2.05, 4.69) is 26.4 Å². The van der Waals surface area contributed by atoms with Gasteiger partial charge in [0.1, 0.15) is 5.82 Å². The highest BCUT2D eigenvalue weighted by Crippen LogP contribution is 2.26. The zero-order valence-corrected chi connectivity index (χ0v) is 16.0. The maximum absolute atomic E-state index is 4.73. The van der Waals surface area contributed by atoms with Gasteiger partial charge in [0.25, 0.3) is 0 Å². The van der Waals surface area contributed by atoms with Crippen LogP contribution in [0, 0.1) is 19.8 Å². The number of nitrogens with one attached hydrogen (secondary N) is 1. The summed E-state index contributed by atoms with van der Waals surface area (Å²) in [5, 5.41) is 8.10. The van der Waals surface area contributed by atoms with E-state index in [4.69, 9.17) is 4.98 Å². The molecule has 6 heteroatoms. The minimum atomic E-state index is 0.486. The maximum atomic E-state index is 4.73. The Morgan fingerprint density at radius 3 is 2.54 bits per heavy atom. The Kier molecular flexibility index (Phi) is 5.20. The maximum Gasteiger partial charge on any atom is 0.174 e. The number of anilines is 1. The van der Waals surface area contributed by atoms with Gasteiger partial charge in [-0.2, -0.15) is 5.10 Å². The minimum absolute atomic E-state index is 0.486. The van der Waals surface area contributed by atoms with E-state index in [1.165, 1.54) is 58.2 Å². The van der Waals surface area contributed by atoms with Crippen molar-refractivity contribution in [2.75, 3.05) is 25.0 Å². The first-order chi connectivity index (χ1) is 12.7. The molecule has 1 aliphatic carbocycles. The second-order valence-electron chi connectivity index (χ2n) is 7.97. The highest BCUT2D eigenvalue weighted by Gasteiger charge is 2.23. The molecule has 0 aromatic carbocycles. The van der Waals surface area contributed by atoms with Crippen LogP contribution >= 0.6 is 0 Å². The lowest BCUT2D eigenvalue weighted by atomic mass is 10.0. The van der Waals surface area contributed by atoms with Crippen LogP contribution in [-0.4, -0.2) is 50.3 Å². The first-order valence-corrected chi connectivity index (χ1v) is 10.0. The topological polar surface area (TPSA) is 58.9 Å². The van der Waals surface area contributed by atoms with Gasteiger partial charge >= 0.3 is 0 Å². The summed E-state index contributed by atoms with van der Waals surface area (Å²) in [6.07, 6.45) is 11.7. The van der Waals surface area contributed by atoms with Gasteiger partial charge in [-0.15, -0.1) is 0 Å². The zero-order valence-electron chi connectivity index (χ0n) is 16.0. The number of nitrogens with zero attached hydrogens (tertiary/aromatic N) is 5. The fourth-order valence-electron chi connectivity index (χ4n) is 4.42. The second-order valence-corrected chi connectivity index (χ2v) is 7.97. The van der Waals surface area contributed by atoms with Crippen LogP contribution in [0.5, 0.6) is 0 Å². The van der Waals surface area contributed by atoms with E-state index >= 15 is 0 Å². The van der Waals surface area contributed by atoms with Crippen molar-refractivity contribution in [3.63, 3.8) is 0 Å². The summed E-state index contributed by atoms with van der Waals surface area (Å²) < 4.78 is 1.86. The normalized spacial score (nSPS) is 19.9. The van der Waals surface area contributed by atoms with Gasteiger partial charge in [-0.1, -0.05) is 12.8 Å². The van der Waals surface area contributed by atoms with Crippen molar-refractivity contribution < 1.29 is 0 Å². The van der Waals surface area contributed by atoms with Crippen molar-refractivity contribution in [1.29, 1.82) is 0 Å². The third kappa shape index (κ3) is 4.06. The fourth-order valence-corrected chi connectivity index (χ4v) is 4.42. The molecule has 1 aliphatic heterocycles. The molecule has 1 saturated carbocycles. The lowest BCUT2D eigenvalue weighted by molar-refractivity contribution is 0.189. The predicted octanol–water partition coefficient (Wildman–Crippen LogP) is 3.35. The van der Waals surface area contributed by atoms with E-state index in [1.54, 1.807) is 6.20 Å². The molecule has 26 heavy (non-hydrogen) atoms. The van der Waals surface area contributed by atoms with E-state index in [0.29, 0.717) is 6.04 Å². The Bertz CT molecular complexity index is 726. The van der Waals surface area contributed by atoms with Crippen molar-refractivity contribution >= 4 is 5.82 Å². The van der Waals surface area contributed by atoms with Crippen molar-refractivity contribution in [3.05, 3.63) is 29.8 Å².